The van der Waals surface area contributed by atoms with Crippen LogP contribution in [0.5, 0.6) is 0 Å². The second-order valence-electron chi connectivity index (χ2n) is 8.56. The van der Waals surface area contributed by atoms with E-state index in [9.17, 15) is 9.90 Å². The van der Waals surface area contributed by atoms with Gasteiger partial charge in [0.25, 0.3) is 5.91 Å². The molecule has 0 saturated heterocycles. The van der Waals surface area contributed by atoms with Crippen LogP contribution in [-0.4, -0.2) is 53.1 Å². The third kappa shape index (κ3) is 3.30. The molecular formula is C23H25BrN2O2. The van der Waals surface area contributed by atoms with Gasteiger partial charge >= 0.3 is 0 Å². The molecule has 0 radical (unpaired) electrons. The zero-order chi connectivity index (χ0) is 19.3. The van der Waals surface area contributed by atoms with Crippen molar-refractivity contribution < 1.29 is 9.90 Å². The van der Waals surface area contributed by atoms with Crippen molar-refractivity contribution in [2.75, 3.05) is 26.2 Å². The number of hydrogen-bond donors (Lipinski definition) is 1. The largest absolute Gasteiger partial charge is 0.390 e. The fourth-order valence-corrected chi connectivity index (χ4v) is 5.24. The highest BCUT2D eigenvalue weighted by Gasteiger charge is 2.51. The number of aliphatic hydroxyl groups is 1. The molecule has 1 unspecified atom stereocenters. The first-order chi connectivity index (χ1) is 13.5. The molecule has 1 fully saturated rings. The van der Waals surface area contributed by atoms with Crippen LogP contribution in [0.1, 0.15) is 39.9 Å². The Labute approximate surface area is 174 Å². The number of halogens is 1. The molecule has 5 rings (SSSR count). The number of nitrogens with zero attached hydrogens (tertiary/aromatic N) is 2. The Balaban J connectivity index is 1.27. The summed E-state index contributed by atoms with van der Waals surface area (Å²) in [7, 11) is 0. The number of carbonyl (C=O) groups is 1. The molecule has 1 aliphatic carbocycles. The fourth-order valence-electron chi connectivity index (χ4n) is 4.88. The lowest BCUT2D eigenvalue weighted by atomic mass is 9.86. The van der Waals surface area contributed by atoms with Crippen LogP contribution in [0.4, 0.5) is 0 Å². The average molecular weight is 441 g/mol. The molecule has 1 N–H and O–H groups in total. The molecule has 5 heteroatoms. The van der Waals surface area contributed by atoms with Gasteiger partial charge in [0, 0.05) is 48.2 Å². The van der Waals surface area contributed by atoms with Gasteiger partial charge in [-0.25, -0.2) is 0 Å². The van der Waals surface area contributed by atoms with E-state index in [2.05, 4.69) is 51.2 Å². The van der Waals surface area contributed by atoms with Gasteiger partial charge in [0.05, 0.1) is 6.10 Å². The zero-order valence-corrected chi connectivity index (χ0v) is 17.5. The van der Waals surface area contributed by atoms with Crippen molar-refractivity contribution in [2.45, 2.75) is 37.3 Å². The van der Waals surface area contributed by atoms with Gasteiger partial charge in [-0.05, 0) is 54.2 Å². The van der Waals surface area contributed by atoms with Gasteiger partial charge in [0.1, 0.15) is 0 Å². The maximum absolute atomic E-state index is 13.0. The molecule has 0 aromatic heterocycles. The number of amides is 1. The minimum Gasteiger partial charge on any atom is -0.390 e. The first-order valence-corrected chi connectivity index (χ1v) is 10.9. The average Bonchev–Trinajstić information content (AvgIpc) is 3.46. The SMILES string of the molecule is O=C1c2ccc(Br)cc2C2(CC2)CN1CC(O)CN1CCc2ccccc2C1. The first kappa shape index (κ1) is 18.3. The lowest BCUT2D eigenvalue weighted by Gasteiger charge is -2.37. The second kappa shape index (κ2) is 6.97. The molecule has 2 aromatic rings. The van der Waals surface area contributed by atoms with Crippen LogP contribution >= 0.6 is 15.9 Å². The van der Waals surface area contributed by atoms with Gasteiger partial charge in [-0.2, -0.15) is 0 Å². The Morgan fingerprint density at radius 3 is 2.68 bits per heavy atom. The Kier molecular flexibility index (Phi) is 4.57. The van der Waals surface area contributed by atoms with Gasteiger partial charge in [-0.1, -0.05) is 40.2 Å². The molecule has 2 aromatic carbocycles. The molecular weight excluding hydrogens is 416 g/mol. The van der Waals surface area contributed by atoms with Crippen LogP contribution in [0.15, 0.2) is 46.9 Å². The lowest BCUT2D eigenvalue weighted by molar-refractivity contribution is 0.0459. The van der Waals surface area contributed by atoms with Crippen molar-refractivity contribution in [3.05, 3.63) is 69.2 Å². The Hall–Kier alpha value is -1.69. The number of hydrogen-bond acceptors (Lipinski definition) is 3. The highest BCUT2D eigenvalue weighted by atomic mass is 79.9. The predicted octanol–water partition coefficient (Wildman–Crippen LogP) is 3.36. The fraction of sp³-hybridized carbons (Fsp3) is 0.435. The highest BCUT2D eigenvalue weighted by Crippen LogP contribution is 2.52. The van der Waals surface area contributed by atoms with Crippen LogP contribution in [-0.2, 0) is 18.4 Å². The third-order valence-electron chi connectivity index (χ3n) is 6.53. The van der Waals surface area contributed by atoms with E-state index in [0.29, 0.717) is 13.1 Å². The summed E-state index contributed by atoms with van der Waals surface area (Å²) in [5.41, 5.74) is 4.87. The predicted molar refractivity (Wildman–Crippen MR) is 112 cm³/mol. The van der Waals surface area contributed by atoms with Crippen molar-refractivity contribution in [2.24, 2.45) is 0 Å². The van der Waals surface area contributed by atoms with Crippen molar-refractivity contribution in [1.29, 1.82) is 0 Å². The lowest BCUT2D eigenvalue weighted by Crippen LogP contribution is -2.49. The molecule has 0 bridgehead atoms. The smallest absolute Gasteiger partial charge is 0.254 e. The van der Waals surface area contributed by atoms with Crippen molar-refractivity contribution in [1.82, 2.24) is 9.80 Å². The second-order valence-corrected chi connectivity index (χ2v) is 9.48. The number of fused-ring (bicyclic) bond motifs is 3. The third-order valence-corrected chi connectivity index (χ3v) is 7.02. The van der Waals surface area contributed by atoms with E-state index in [0.717, 1.165) is 48.9 Å². The monoisotopic (exact) mass is 440 g/mol. The Morgan fingerprint density at radius 1 is 1.11 bits per heavy atom. The van der Waals surface area contributed by atoms with Crippen LogP contribution in [0.3, 0.4) is 0 Å². The summed E-state index contributed by atoms with van der Waals surface area (Å²) in [6.45, 7) is 3.59. The van der Waals surface area contributed by atoms with Crippen LogP contribution in [0.2, 0.25) is 0 Å². The summed E-state index contributed by atoms with van der Waals surface area (Å²) in [4.78, 5) is 17.2. The standard InChI is InChI=1S/C23H25BrN2O2/c24-18-5-6-20-21(11-18)23(8-9-23)15-26(22(20)28)14-19(27)13-25-10-7-16-3-1-2-4-17(16)12-25/h1-6,11,19,27H,7-10,12-15H2. The highest BCUT2D eigenvalue weighted by molar-refractivity contribution is 9.10. The number of aliphatic hydroxyl groups excluding tert-OH is 1. The molecule has 146 valence electrons. The topological polar surface area (TPSA) is 43.8 Å². The normalized spacial score (nSPS) is 21.4. The summed E-state index contributed by atoms with van der Waals surface area (Å²) in [6.07, 6.45) is 2.75. The van der Waals surface area contributed by atoms with Gasteiger partial charge in [0.15, 0.2) is 0 Å². The first-order valence-electron chi connectivity index (χ1n) is 10.1. The van der Waals surface area contributed by atoms with E-state index < -0.39 is 6.10 Å². The number of β-amino-alcohol motifs (C(OH)–C–C–N with tert-alkyl or cyclic N) is 1. The van der Waals surface area contributed by atoms with E-state index in [1.165, 1.54) is 16.7 Å². The van der Waals surface area contributed by atoms with Crippen molar-refractivity contribution >= 4 is 21.8 Å². The van der Waals surface area contributed by atoms with E-state index in [-0.39, 0.29) is 11.3 Å². The van der Waals surface area contributed by atoms with E-state index >= 15 is 0 Å². The number of carbonyl (C=O) groups excluding carboxylic acids is 1. The van der Waals surface area contributed by atoms with Gasteiger partial charge < -0.3 is 10.0 Å². The Morgan fingerprint density at radius 2 is 1.89 bits per heavy atom. The molecule has 1 spiro atoms. The van der Waals surface area contributed by atoms with E-state index in [1.54, 1.807) is 0 Å². The zero-order valence-electron chi connectivity index (χ0n) is 15.9. The van der Waals surface area contributed by atoms with Gasteiger partial charge in [-0.15, -0.1) is 0 Å². The van der Waals surface area contributed by atoms with Crippen LogP contribution < -0.4 is 0 Å². The van der Waals surface area contributed by atoms with Crippen LogP contribution in [0.25, 0.3) is 0 Å². The molecule has 1 saturated carbocycles. The summed E-state index contributed by atoms with van der Waals surface area (Å²) >= 11 is 3.54. The quantitative estimate of drug-likeness (QED) is 0.792. The summed E-state index contributed by atoms with van der Waals surface area (Å²) < 4.78 is 1.03. The summed E-state index contributed by atoms with van der Waals surface area (Å²) in [5.74, 6) is 0.0584. The molecule has 4 nitrogen and oxygen atoms in total. The number of rotatable bonds is 4. The maximum Gasteiger partial charge on any atom is 0.254 e. The molecule has 28 heavy (non-hydrogen) atoms. The summed E-state index contributed by atoms with van der Waals surface area (Å²) in [6, 6.07) is 14.5. The molecule has 2 heterocycles. The van der Waals surface area contributed by atoms with Crippen molar-refractivity contribution in [3.63, 3.8) is 0 Å². The maximum atomic E-state index is 13.0. The Bertz CT molecular complexity index is 925. The minimum absolute atomic E-state index is 0.0584. The molecule has 2 aliphatic heterocycles. The number of benzene rings is 2. The van der Waals surface area contributed by atoms with E-state index in [1.807, 2.05) is 17.0 Å². The molecule has 1 amide bonds. The van der Waals surface area contributed by atoms with Crippen LogP contribution in [0, 0.1) is 0 Å². The minimum atomic E-state index is -0.526. The van der Waals surface area contributed by atoms with Crippen molar-refractivity contribution in [3.8, 4) is 0 Å². The molecule has 1 atom stereocenters. The van der Waals surface area contributed by atoms with E-state index in [4.69, 9.17) is 0 Å². The van der Waals surface area contributed by atoms with Gasteiger partial charge in [-0.3, -0.25) is 9.69 Å². The van der Waals surface area contributed by atoms with Gasteiger partial charge in [0.2, 0.25) is 0 Å². The summed E-state index contributed by atoms with van der Waals surface area (Å²) in [5, 5.41) is 10.8. The molecule has 3 aliphatic rings.